The van der Waals surface area contributed by atoms with E-state index in [1.54, 1.807) is 37.2 Å². The number of hydrogen-bond acceptors (Lipinski definition) is 5. The number of nitrogens with zero attached hydrogens (tertiary/aromatic N) is 2. The van der Waals surface area contributed by atoms with Gasteiger partial charge in [0.1, 0.15) is 5.75 Å². The first-order valence-electron chi connectivity index (χ1n) is 8.32. The van der Waals surface area contributed by atoms with Crippen molar-refractivity contribution >= 4 is 17.5 Å². The maximum Gasteiger partial charge on any atom is 0.228 e. The van der Waals surface area contributed by atoms with Crippen molar-refractivity contribution in [3.05, 3.63) is 24.3 Å². The third-order valence-electron chi connectivity index (χ3n) is 4.29. The van der Waals surface area contributed by atoms with Crippen LogP contribution in [0.2, 0.25) is 0 Å². The lowest BCUT2D eigenvalue weighted by atomic mass is 10.1. The van der Waals surface area contributed by atoms with E-state index in [2.05, 4.69) is 0 Å². The van der Waals surface area contributed by atoms with Crippen molar-refractivity contribution in [2.45, 2.75) is 6.42 Å². The van der Waals surface area contributed by atoms with Gasteiger partial charge in [0, 0.05) is 40.3 Å². The van der Waals surface area contributed by atoms with Crippen molar-refractivity contribution in [3.63, 3.8) is 0 Å². The molecule has 25 heavy (non-hydrogen) atoms. The van der Waals surface area contributed by atoms with Crippen LogP contribution < -0.4 is 9.64 Å². The molecule has 0 saturated carbocycles. The number of carbonyl (C=O) groups is 2. The molecule has 0 aromatic heterocycles. The Bertz CT molecular complexity index is 585. The van der Waals surface area contributed by atoms with E-state index >= 15 is 0 Å². The normalized spacial score (nSPS) is 17.0. The summed E-state index contributed by atoms with van der Waals surface area (Å²) >= 11 is 0. The lowest BCUT2D eigenvalue weighted by Gasteiger charge is -2.25. The predicted octanol–water partition coefficient (Wildman–Crippen LogP) is 1.17. The second-order valence-electron chi connectivity index (χ2n) is 5.89. The largest absolute Gasteiger partial charge is 0.495 e. The van der Waals surface area contributed by atoms with Gasteiger partial charge in [-0.15, -0.1) is 0 Å². The smallest absolute Gasteiger partial charge is 0.228 e. The van der Waals surface area contributed by atoms with Crippen LogP contribution in [0.3, 0.4) is 0 Å². The molecule has 0 spiro atoms. The van der Waals surface area contributed by atoms with Crippen LogP contribution in [0.1, 0.15) is 6.42 Å². The second-order valence-corrected chi connectivity index (χ2v) is 5.89. The van der Waals surface area contributed by atoms with Crippen LogP contribution in [0.5, 0.6) is 5.75 Å². The number of amides is 2. The lowest BCUT2D eigenvalue weighted by molar-refractivity contribution is -0.137. The molecule has 138 valence electrons. The molecule has 1 unspecified atom stereocenters. The third kappa shape index (κ3) is 4.70. The summed E-state index contributed by atoms with van der Waals surface area (Å²) < 4.78 is 15.5. The fourth-order valence-corrected chi connectivity index (χ4v) is 2.95. The van der Waals surface area contributed by atoms with Crippen LogP contribution in [0.15, 0.2) is 24.3 Å². The molecule has 7 heteroatoms. The number of hydrogen-bond donors (Lipinski definition) is 0. The first kappa shape index (κ1) is 19.2. The van der Waals surface area contributed by atoms with Gasteiger partial charge in [-0.1, -0.05) is 12.1 Å². The summed E-state index contributed by atoms with van der Waals surface area (Å²) in [4.78, 5) is 28.6. The van der Waals surface area contributed by atoms with Gasteiger partial charge in [0.05, 0.1) is 31.9 Å². The van der Waals surface area contributed by atoms with Gasteiger partial charge < -0.3 is 24.0 Å². The zero-order valence-electron chi connectivity index (χ0n) is 15.1. The maximum absolute atomic E-state index is 12.8. The maximum atomic E-state index is 12.8. The molecule has 1 aliphatic heterocycles. The van der Waals surface area contributed by atoms with Crippen LogP contribution in [0, 0.1) is 5.92 Å². The van der Waals surface area contributed by atoms with Crippen LogP contribution in [-0.2, 0) is 19.1 Å². The minimum absolute atomic E-state index is 0.0418. The Morgan fingerprint density at radius 3 is 2.40 bits per heavy atom. The molecule has 0 N–H and O–H groups in total. The van der Waals surface area contributed by atoms with Gasteiger partial charge in [-0.2, -0.15) is 0 Å². The number of methoxy groups -OCH3 is 3. The minimum Gasteiger partial charge on any atom is -0.495 e. The predicted molar refractivity (Wildman–Crippen MR) is 93.8 cm³/mol. The number of carbonyl (C=O) groups excluding carboxylic acids is 2. The summed E-state index contributed by atoms with van der Waals surface area (Å²) in [7, 11) is 4.77. The van der Waals surface area contributed by atoms with Crippen molar-refractivity contribution in [3.8, 4) is 5.75 Å². The van der Waals surface area contributed by atoms with Gasteiger partial charge in [0.25, 0.3) is 0 Å². The highest BCUT2D eigenvalue weighted by Gasteiger charge is 2.38. The first-order valence-corrected chi connectivity index (χ1v) is 8.32. The van der Waals surface area contributed by atoms with Gasteiger partial charge in [0.2, 0.25) is 11.8 Å². The van der Waals surface area contributed by atoms with E-state index in [0.717, 1.165) is 0 Å². The molecular formula is C18H26N2O5. The summed E-state index contributed by atoms with van der Waals surface area (Å²) in [6.07, 6.45) is 0.202. The molecule has 0 aliphatic carbocycles. The van der Waals surface area contributed by atoms with Gasteiger partial charge in [-0.3, -0.25) is 9.59 Å². The molecular weight excluding hydrogens is 324 g/mol. The fraction of sp³-hybridized carbons (Fsp3) is 0.556. The highest BCUT2D eigenvalue weighted by Crippen LogP contribution is 2.33. The number of rotatable bonds is 9. The van der Waals surface area contributed by atoms with Crippen molar-refractivity contribution in [1.82, 2.24) is 4.90 Å². The van der Waals surface area contributed by atoms with Gasteiger partial charge in [0.15, 0.2) is 0 Å². The van der Waals surface area contributed by atoms with E-state index in [9.17, 15) is 9.59 Å². The quantitative estimate of drug-likeness (QED) is 0.669. The Morgan fingerprint density at radius 1 is 1.16 bits per heavy atom. The van der Waals surface area contributed by atoms with Crippen LogP contribution in [0.25, 0.3) is 0 Å². The Labute approximate surface area is 148 Å². The summed E-state index contributed by atoms with van der Waals surface area (Å²) in [6.45, 7) is 2.23. The van der Waals surface area contributed by atoms with Gasteiger partial charge in [-0.25, -0.2) is 0 Å². The molecule has 1 aromatic carbocycles. The highest BCUT2D eigenvalue weighted by molar-refractivity contribution is 6.01. The summed E-state index contributed by atoms with van der Waals surface area (Å²) in [5, 5.41) is 0. The average Bonchev–Trinajstić information content (AvgIpc) is 3.03. The standard InChI is InChI=1S/C18H26N2O5/c1-23-10-8-19(9-11-24-2)18(22)14-12-17(21)20(13-14)15-6-4-5-7-16(15)25-3/h4-7,14H,8-13H2,1-3H3. The summed E-state index contributed by atoms with van der Waals surface area (Å²) in [5.41, 5.74) is 0.700. The van der Waals surface area contributed by atoms with Gasteiger partial charge >= 0.3 is 0 Å². The molecule has 2 rings (SSSR count). The second kappa shape index (κ2) is 9.39. The zero-order chi connectivity index (χ0) is 18.2. The van der Waals surface area contributed by atoms with E-state index in [0.29, 0.717) is 44.3 Å². The molecule has 1 aromatic rings. The SMILES string of the molecule is COCCN(CCOC)C(=O)C1CC(=O)N(c2ccccc2OC)C1. The van der Waals surface area contributed by atoms with Crippen LogP contribution in [-0.4, -0.2) is 70.9 Å². The first-order chi connectivity index (χ1) is 12.1. The average molecular weight is 350 g/mol. The molecule has 1 saturated heterocycles. The van der Waals surface area contributed by atoms with Crippen LogP contribution >= 0.6 is 0 Å². The van der Waals surface area contributed by atoms with Crippen molar-refractivity contribution < 1.29 is 23.8 Å². The van der Waals surface area contributed by atoms with E-state index in [-0.39, 0.29) is 24.2 Å². The van der Waals surface area contributed by atoms with Gasteiger partial charge in [-0.05, 0) is 12.1 Å². The van der Waals surface area contributed by atoms with E-state index in [4.69, 9.17) is 14.2 Å². The Hall–Kier alpha value is -2.12. The number of benzene rings is 1. The van der Waals surface area contributed by atoms with Crippen molar-refractivity contribution in [2.24, 2.45) is 5.92 Å². The topological polar surface area (TPSA) is 68.3 Å². The molecule has 0 bridgehead atoms. The molecule has 1 aliphatic rings. The monoisotopic (exact) mass is 350 g/mol. The Balaban J connectivity index is 2.10. The number of para-hydroxylation sites is 2. The van der Waals surface area contributed by atoms with E-state index in [1.807, 2.05) is 18.2 Å². The fourth-order valence-electron chi connectivity index (χ4n) is 2.95. The zero-order valence-corrected chi connectivity index (χ0v) is 15.1. The Kier molecular flexibility index (Phi) is 7.21. The van der Waals surface area contributed by atoms with E-state index in [1.165, 1.54) is 0 Å². The molecule has 2 amide bonds. The number of anilines is 1. The molecule has 0 radical (unpaired) electrons. The van der Waals surface area contributed by atoms with Crippen molar-refractivity contribution in [1.29, 1.82) is 0 Å². The molecule has 7 nitrogen and oxygen atoms in total. The summed E-state index contributed by atoms with van der Waals surface area (Å²) in [5.74, 6) is 0.145. The number of ether oxygens (including phenoxy) is 3. The molecule has 1 fully saturated rings. The molecule has 1 heterocycles. The summed E-state index contributed by atoms with van der Waals surface area (Å²) in [6, 6.07) is 7.34. The Morgan fingerprint density at radius 2 is 1.80 bits per heavy atom. The third-order valence-corrected chi connectivity index (χ3v) is 4.29. The van der Waals surface area contributed by atoms with Crippen molar-refractivity contribution in [2.75, 3.05) is 59.1 Å². The van der Waals surface area contributed by atoms with Crippen LogP contribution in [0.4, 0.5) is 5.69 Å². The highest BCUT2D eigenvalue weighted by atomic mass is 16.5. The van der Waals surface area contributed by atoms with E-state index < -0.39 is 0 Å². The minimum atomic E-state index is -0.369. The lowest BCUT2D eigenvalue weighted by Crippen LogP contribution is -2.41. The molecule has 1 atom stereocenters.